The molecule has 0 atom stereocenters. The number of amides is 1. The zero-order valence-corrected chi connectivity index (χ0v) is 12.9. The van der Waals surface area contributed by atoms with E-state index in [0.717, 1.165) is 0 Å². The first-order valence-corrected chi connectivity index (χ1v) is 7.15. The van der Waals surface area contributed by atoms with Crippen molar-refractivity contribution in [1.29, 1.82) is 0 Å². The van der Waals surface area contributed by atoms with Crippen LogP contribution in [0, 0.1) is 0 Å². The van der Waals surface area contributed by atoms with E-state index in [4.69, 9.17) is 23.2 Å². The maximum absolute atomic E-state index is 12.0. The van der Waals surface area contributed by atoms with Crippen molar-refractivity contribution in [3.05, 3.63) is 51.5 Å². The van der Waals surface area contributed by atoms with Crippen molar-refractivity contribution in [3.63, 3.8) is 0 Å². The normalized spacial score (nSPS) is 15.2. The number of para-hydroxylation sites is 1. The molecule has 23 heavy (non-hydrogen) atoms. The number of anilines is 1. The number of hydrogen-bond acceptors (Lipinski definition) is 5. The number of phenolic OH excluding ortho intramolecular Hbond substituents is 2. The van der Waals surface area contributed by atoms with Crippen LogP contribution in [0.2, 0.25) is 10.0 Å². The van der Waals surface area contributed by atoms with Gasteiger partial charge in [-0.15, -0.1) is 5.10 Å². The summed E-state index contributed by atoms with van der Waals surface area (Å²) in [6.45, 7) is 0. The number of rotatable bonds is 2. The highest BCUT2D eigenvalue weighted by atomic mass is 35.5. The SMILES string of the molecule is O=C1Nc2c(Cl)cc(Cl)cc2C1=NN=Cc1cccc(O)c1O. The van der Waals surface area contributed by atoms with Gasteiger partial charge in [0, 0.05) is 16.1 Å². The van der Waals surface area contributed by atoms with Gasteiger partial charge >= 0.3 is 0 Å². The molecule has 1 amide bonds. The molecule has 1 heterocycles. The Kier molecular flexibility index (Phi) is 3.94. The second-order valence-electron chi connectivity index (χ2n) is 4.67. The van der Waals surface area contributed by atoms with Gasteiger partial charge in [0.2, 0.25) is 0 Å². The third kappa shape index (κ3) is 2.86. The predicted octanol–water partition coefficient (Wildman–Crippen LogP) is 3.18. The zero-order chi connectivity index (χ0) is 16.6. The molecule has 2 aromatic rings. The molecule has 1 aliphatic rings. The standard InChI is InChI=1S/C15H9Cl2N3O3/c16-8-4-9-12(10(17)5-8)19-15(23)13(9)20-18-6-7-2-1-3-11(21)14(7)22/h1-6,21-22H,(H,19,20,23). The van der Waals surface area contributed by atoms with Crippen molar-refractivity contribution < 1.29 is 15.0 Å². The van der Waals surface area contributed by atoms with Crippen LogP contribution >= 0.6 is 23.2 Å². The van der Waals surface area contributed by atoms with Crippen LogP contribution in [0.5, 0.6) is 11.5 Å². The van der Waals surface area contributed by atoms with E-state index in [2.05, 4.69) is 15.5 Å². The molecule has 0 aliphatic carbocycles. The maximum Gasteiger partial charge on any atom is 0.276 e. The molecule has 8 heteroatoms. The van der Waals surface area contributed by atoms with Crippen LogP contribution in [0.15, 0.2) is 40.5 Å². The van der Waals surface area contributed by atoms with Crippen molar-refractivity contribution in [3.8, 4) is 11.5 Å². The summed E-state index contributed by atoms with van der Waals surface area (Å²) in [5.74, 6) is -1.05. The highest BCUT2D eigenvalue weighted by molar-refractivity contribution is 6.56. The Hall–Kier alpha value is -2.57. The quantitative estimate of drug-likeness (QED) is 0.441. The van der Waals surface area contributed by atoms with Gasteiger partial charge in [0.15, 0.2) is 17.2 Å². The van der Waals surface area contributed by atoms with Gasteiger partial charge in [0.05, 0.1) is 16.9 Å². The average Bonchev–Trinajstić information content (AvgIpc) is 2.80. The summed E-state index contributed by atoms with van der Waals surface area (Å²) in [5, 5.41) is 30.0. The number of nitrogens with zero attached hydrogens (tertiary/aromatic N) is 2. The molecule has 1 aliphatic heterocycles. The van der Waals surface area contributed by atoms with Gasteiger partial charge < -0.3 is 15.5 Å². The van der Waals surface area contributed by atoms with Gasteiger partial charge in [-0.3, -0.25) is 4.79 Å². The van der Waals surface area contributed by atoms with Crippen LogP contribution in [-0.2, 0) is 4.79 Å². The van der Waals surface area contributed by atoms with E-state index in [1.54, 1.807) is 12.1 Å². The Bertz CT molecular complexity index is 879. The van der Waals surface area contributed by atoms with Gasteiger partial charge in [-0.1, -0.05) is 29.3 Å². The molecule has 3 N–H and O–H groups in total. The molecule has 116 valence electrons. The van der Waals surface area contributed by atoms with Crippen LogP contribution in [0.3, 0.4) is 0 Å². The summed E-state index contributed by atoms with van der Waals surface area (Å²) < 4.78 is 0. The molecule has 0 spiro atoms. The van der Waals surface area contributed by atoms with Gasteiger partial charge in [-0.05, 0) is 24.3 Å². The highest BCUT2D eigenvalue weighted by Gasteiger charge is 2.28. The fraction of sp³-hybridized carbons (Fsp3) is 0. The molecule has 0 aromatic heterocycles. The van der Waals surface area contributed by atoms with E-state index in [9.17, 15) is 15.0 Å². The molecule has 0 saturated carbocycles. The minimum atomic E-state index is -0.457. The Labute approximate surface area is 140 Å². The first-order chi connectivity index (χ1) is 11.0. The largest absolute Gasteiger partial charge is 0.504 e. The fourth-order valence-corrected chi connectivity index (χ4v) is 2.62. The summed E-state index contributed by atoms with van der Waals surface area (Å²) in [6, 6.07) is 7.49. The number of phenols is 2. The van der Waals surface area contributed by atoms with E-state index >= 15 is 0 Å². The minimum absolute atomic E-state index is 0.0558. The smallest absolute Gasteiger partial charge is 0.276 e. The van der Waals surface area contributed by atoms with Crippen LogP contribution < -0.4 is 5.32 Å². The number of aromatic hydroxyl groups is 2. The van der Waals surface area contributed by atoms with Gasteiger partial charge in [-0.25, -0.2) is 0 Å². The molecule has 3 rings (SSSR count). The molecule has 0 unspecified atom stereocenters. The number of fused-ring (bicyclic) bond motifs is 1. The van der Waals surface area contributed by atoms with Crippen LogP contribution in [0.4, 0.5) is 5.69 Å². The molecule has 0 bridgehead atoms. The summed E-state index contributed by atoms with van der Waals surface area (Å²) in [7, 11) is 0. The third-order valence-corrected chi connectivity index (χ3v) is 3.68. The summed E-state index contributed by atoms with van der Waals surface area (Å²) in [6.07, 6.45) is 1.22. The Morgan fingerprint density at radius 3 is 2.74 bits per heavy atom. The molecule has 6 nitrogen and oxygen atoms in total. The monoisotopic (exact) mass is 349 g/mol. The van der Waals surface area contributed by atoms with Crippen molar-refractivity contribution in [2.75, 3.05) is 5.32 Å². The fourth-order valence-electron chi connectivity index (χ4n) is 2.08. The first-order valence-electron chi connectivity index (χ1n) is 6.40. The Balaban J connectivity index is 1.97. The summed E-state index contributed by atoms with van der Waals surface area (Å²) in [4.78, 5) is 12.0. The predicted molar refractivity (Wildman–Crippen MR) is 89.0 cm³/mol. The molecule has 2 aromatic carbocycles. The molecule has 0 fully saturated rings. The van der Waals surface area contributed by atoms with Crippen molar-refractivity contribution in [2.45, 2.75) is 0 Å². The molecule has 0 saturated heterocycles. The molecular formula is C15H9Cl2N3O3. The third-order valence-electron chi connectivity index (χ3n) is 3.16. The second-order valence-corrected chi connectivity index (χ2v) is 5.52. The number of carbonyl (C=O) groups is 1. The Morgan fingerprint density at radius 2 is 1.96 bits per heavy atom. The number of benzene rings is 2. The molecular weight excluding hydrogens is 341 g/mol. The lowest BCUT2D eigenvalue weighted by atomic mass is 10.1. The first kappa shape index (κ1) is 15.3. The van der Waals surface area contributed by atoms with Gasteiger partial charge in [0.1, 0.15) is 0 Å². The summed E-state index contributed by atoms with van der Waals surface area (Å²) >= 11 is 12.0. The lowest BCUT2D eigenvalue weighted by Gasteiger charge is -2.01. The van der Waals surface area contributed by atoms with E-state index < -0.39 is 5.91 Å². The van der Waals surface area contributed by atoms with Crippen LogP contribution in [0.25, 0.3) is 0 Å². The van der Waals surface area contributed by atoms with Gasteiger partial charge in [0.25, 0.3) is 5.91 Å². The minimum Gasteiger partial charge on any atom is -0.504 e. The van der Waals surface area contributed by atoms with Crippen molar-refractivity contribution in [1.82, 2.24) is 0 Å². The summed E-state index contributed by atoms with van der Waals surface area (Å²) in [5.41, 5.74) is 1.19. The molecule has 0 radical (unpaired) electrons. The topological polar surface area (TPSA) is 94.3 Å². The maximum atomic E-state index is 12.0. The number of halogens is 2. The zero-order valence-electron chi connectivity index (χ0n) is 11.4. The van der Waals surface area contributed by atoms with Crippen LogP contribution in [-0.4, -0.2) is 28.0 Å². The lowest BCUT2D eigenvalue weighted by molar-refractivity contribution is -0.110. The Morgan fingerprint density at radius 1 is 1.17 bits per heavy atom. The number of nitrogens with one attached hydrogen (secondary N) is 1. The van der Waals surface area contributed by atoms with E-state index in [1.807, 2.05) is 0 Å². The highest BCUT2D eigenvalue weighted by Crippen LogP contribution is 2.34. The lowest BCUT2D eigenvalue weighted by Crippen LogP contribution is -2.13. The van der Waals surface area contributed by atoms with E-state index in [-0.39, 0.29) is 22.8 Å². The average molecular weight is 350 g/mol. The van der Waals surface area contributed by atoms with Crippen LogP contribution in [0.1, 0.15) is 11.1 Å². The van der Waals surface area contributed by atoms with E-state index in [1.165, 1.54) is 24.4 Å². The number of carbonyl (C=O) groups excluding carboxylic acids is 1. The van der Waals surface area contributed by atoms with E-state index in [0.29, 0.717) is 21.3 Å². The second kappa shape index (κ2) is 5.91. The number of hydrogen-bond donors (Lipinski definition) is 3. The van der Waals surface area contributed by atoms with Crippen molar-refractivity contribution >= 4 is 46.7 Å². The van der Waals surface area contributed by atoms with Crippen molar-refractivity contribution in [2.24, 2.45) is 10.2 Å². The van der Waals surface area contributed by atoms with Gasteiger partial charge in [-0.2, -0.15) is 5.10 Å².